The van der Waals surface area contributed by atoms with E-state index in [9.17, 15) is 0 Å². The van der Waals surface area contributed by atoms with Crippen molar-refractivity contribution in [3.05, 3.63) is 12.7 Å². The molecule has 4 fully saturated rings. The highest BCUT2D eigenvalue weighted by Gasteiger charge is 2.58. The molecule has 124 valence electrons. The molecule has 0 aliphatic heterocycles. The molecule has 0 spiro atoms. The maximum Gasteiger partial charge on any atom is -0.0266 e. The Bertz CT molecular complexity index is 437. The summed E-state index contributed by atoms with van der Waals surface area (Å²) in [5.74, 6) is 5.18. The highest BCUT2D eigenvalue weighted by atomic mass is 14.6. The average molecular weight is 301 g/mol. The highest BCUT2D eigenvalue weighted by molar-refractivity contribution is 5.08. The van der Waals surface area contributed by atoms with Gasteiger partial charge in [0.25, 0.3) is 0 Å². The molecule has 7 atom stereocenters. The summed E-state index contributed by atoms with van der Waals surface area (Å²) in [5.41, 5.74) is 1.38. The van der Waals surface area contributed by atoms with E-state index in [0.29, 0.717) is 10.8 Å². The Morgan fingerprint density at radius 1 is 1.00 bits per heavy atom. The molecule has 22 heavy (non-hydrogen) atoms. The van der Waals surface area contributed by atoms with Crippen LogP contribution in [0.5, 0.6) is 0 Å². The van der Waals surface area contributed by atoms with Crippen molar-refractivity contribution < 1.29 is 0 Å². The van der Waals surface area contributed by atoms with Crippen molar-refractivity contribution in [2.75, 3.05) is 0 Å². The lowest BCUT2D eigenvalue weighted by atomic mass is 9.45. The van der Waals surface area contributed by atoms with E-state index < -0.39 is 0 Å². The molecule has 0 amide bonds. The van der Waals surface area contributed by atoms with Crippen LogP contribution in [0.4, 0.5) is 0 Å². The number of hydrogen-bond acceptors (Lipinski definition) is 0. The number of hydrogen-bond donors (Lipinski definition) is 0. The summed E-state index contributed by atoms with van der Waals surface area (Å²) >= 11 is 0. The van der Waals surface area contributed by atoms with Gasteiger partial charge in [-0.25, -0.2) is 0 Å². The maximum absolute atomic E-state index is 4.01. The van der Waals surface area contributed by atoms with Crippen LogP contribution in [0.15, 0.2) is 12.7 Å². The summed E-state index contributed by atoms with van der Waals surface area (Å²) in [4.78, 5) is 0. The van der Waals surface area contributed by atoms with Crippen LogP contribution >= 0.6 is 0 Å². The molecule has 4 aliphatic rings. The molecule has 0 aromatic heterocycles. The molecule has 0 heterocycles. The zero-order valence-corrected chi connectivity index (χ0v) is 14.9. The fourth-order valence-electron chi connectivity index (χ4n) is 7.92. The molecule has 4 aliphatic carbocycles. The van der Waals surface area contributed by atoms with Crippen molar-refractivity contribution in [1.82, 2.24) is 0 Å². The van der Waals surface area contributed by atoms with Gasteiger partial charge in [-0.15, -0.1) is 6.58 Å². The maximum atomic E-state index is 4.01. The number of rotatable bonds is 2. The molecule has 0 bridgehead atoms. The van der Waals surface area contributed by atoms with Gasteiger partial charge in [-0.1, -0.05) is 32.8 Å². The molecule has 4 rings (SSSR count). The molecular formula is C22H36. The first-order valence-corrected chi connectivity index (χ1v) is 10.2. The summed E-state index contributed by atoms with van der Waals surface area (Å²) in [5, 5.41) is 0. The standard InChI is InChI=1S/C22H36/c1-4-7-16-14-20-18-10-9-17-8-5-6-12-22(17,3)19(18)11-13-21(20,2)15-16/h4,16-20H,1,5-15H2,2-3H3/t16?,17?,18-,19-,20+,21-,22+/m1/s1. The van der Waals surface area contributed by atoms with E-state index in [4.69, 9.17) is 0 Å². The van der Waals surface area contributed by atoms with Crippen molar-refractivity contribution in [2.45, 2.75) is 84.5 Å². The Morgan fingerprint density at radius 3 is 2.68 bits per heavy atom. The van der Waals surface area contributed by atoms with Gasteiger partial charge < -0.3 is 0 Å². The zero-order valence-electron chi connectivity index (χ0n) is 14.9. The predicted octanol–water partition coefficient (Wildman–Crippen LogP) is 6.61. The van der Waals surface area contributed by atoms with Crippen molar-refractivity contribution in [1.29, 1.82) is 0 Å². The largest absolute Gasteiger partial charge is 0.103 e. The molecule has 0 N–H and O–H groups in total. The molecule has 2 unspecified atom stereocenters. The quantitative estimate of drug-likeness (QED) is 0.503. The van der Waals surface area contributed by atoms with Gasteiger partial charge >= 0.3 is 0 Å². The summed E-state index contributed by atoms with van der Waals surface area (Å²) in [6, 6.07) is 0. The Kier molecular flexibility index (Phi) is 3.74. The van der Waals surface area contributed by atoms with Crippen LogP contribution < -0.4 is 0 Å². The second-order valence-electron chi connectivity index (χ2n) is 9.93. The van der Waals surface area contributed by atoms with Gasteiger partial charge in [0, 0.05) is 0 Å². The summed E-state index contributed by atoms with van der Waals surface area (Å²) in [7, 11) is 0. The second kappa shape index (κ2) is 5.38. The van der Waals surface area contributed by atoms with Crippen LogP contribution in [0.2, 0.25) is 0 Å². The van der Waals surface area contributed by atoms with Gasteiger partial charge in [0.05, 0.1) is 0 Å². The van der Waals surface area contributed by atoms with E-state index in [2.05, 4.69) is 26.5 Å². The van der Waals surface area contributed by atoms with Crippen molar-refractivity contribution in [3.63, 3.8) is 0 Å². The lowest BCUT2D eigenvalue weighted by molar-refractivity contribution is -0.103. The molecule has 0 nitrogen and oxygen atoms in total. The molecule has 0 heteroatoms. The summed E-state index contributed by atoms with van der Waals surface area (Å²) in [6.07, 6.45) is 18.8. The molecular weight excluding hydrogens is 264 g/mol. The van der Waals surface area contributed by atoms with Crippen LogP contribution in [-0.4, -0.2) is 0 Å². The monoisotopic (exact) mass is 300 g/mol. The number of fused-ring (bicyclic) bond motifs is 5. The first-order chi connectivity index (χ1) is 10.6. The van der Waals surface area contributed by atoms with Crippen LogP contribution in [0.25, 0.3) is 0 Å². The molecule has 0 saturated heterocycles. The minimum absolute atomic E-state index is 0.673. The topological polar surface area (TPSA) is 0 Å². The third kappa shape index (κ3) is 2.15. The van der Waals surface area contributed by atoms with Crippen molar-refractivity contribution in [2.24, 2.45) is 40.4 Å². The van der Waals surface area contributed by atoms with Gasteiger partial charge in [-0.05, 0) is 98.2 Å². The lowest BCUT2D eigenvalue weighted by Crippen LogP contribution is -2.51. The fourth-order valence-corrected chi connectivity index (χ4v) is 7.92. The minimum Gasteiger partial charge on any atom is -0.103 e. The van der Waals surface area contributed by atoms with Crippen LogP contribution in [0.3, 0.4) is 0 Å². The van der Waals surface area contributed by atoms with Crippen molar-refractivity contribution in [3.8, 4) is 0 Å². The highest BCUT2D eigenvalue weighted by Crippen LogP contribution is 2.67. The van der Waals surface area contributed by atoms with Crippen LogP contribution in [-0.2, 0) is 0 Å². The normalized spacial score (nSPS) is 54.2. The van der Waals surface area contributed by atoms with Crippen LogP contribution in [0.1, 0.15) is 84.5 Å². The third-order valence-corrected chi connectivity index (χ3v) is 8.94. The zero-order chi connectivity index (χ0) is 15.4. The minimum atomic E-state index is 0.673. The van der Waals surface area contributed by atoms with E-state index in [-0.39, 0.29) is 0 Å². The number of allylic oxidation sites excluding steroid dienone is 1. The molecule has 0 radical (unpaired) electrons. The molecule has 4 saturated carbocycles. The smallest absolute Gasteiger partial charge is 0.0266 e. The summed E-state index contributed by atoms with van der Waals surface area (Å²) < 4.78 is 0. The van der Waals surface area contributed by atoms with E-state index in [1.54, 1.807) is 32.1 Å². The first kappa shape index (κ1) is 15.3. The Morgan fingerprint density at radius 2 is 1.86 bits per heavy atom. The summed E-state index contributed by atoms with van der Waals surface area (Å²) in [6.45, 7) is 9.36. The Balaban J connectivity index is 1.59. The molecule has 0 aromatic carbocycles. The van der Waals surface area contributed by atoms with E-state index >= 15 is 0 Å². The fraction of sp³-hybridized carbons (Fsp3) is 0.909. The Labute approximate surface area is 138 Å². The Hall–Kier alpha value is -0.260. The van der Waals surface area contributed by atoms with Gasteiger partial charge in [0.2, 0.25) is 0 Å². The SMILES string of the molecule is C=CCC1C[C@H]2[C@@H]3CCC4CCCC[C@]4(C)[C@@H]3CC[C@]2(C)C1. The average Bonchev–Trinajstić information content (AvgIpc) is 2.83. The predicted molar refractivity (Wildman–Crippen MR) is 94.6 cm³/mol. The van der Waals surface area contributed by atoms with Crippen molar-refractivity contribution >= 4 is 0 Å². The lowest BCUT2D eigenvalue weighted by Gasteiger charge is -2.60. The molecule has 0 aromatic rings. The second-order valence-corrected chi connectivity index (χ2v) is 9.93. The first-order valence-electron chi connectivity index (χ1n) is 10.2. The van der Waals surface area contributed by atoms with Gasteiger partial charge in [0.15, 0.2) is 0 Å². The van der Waals surface area contributed by atoms with E-state index in [1.165, 1.54) is 38.5 Å². The van der Waals surface area contributed by atoms with Gasteiger partial charge in [0.1, 0.15) is 0 Å². The van der Waals surface area contributed by atoms with Gasteiger partial charge in [-0.2, -0.15) is 0 Å². The van der Waals surface area contributed by atoms with Gasteiger partial charge in [-0.3, -0.25) is 0 Å². The van der Waals surface area contributed by atoms with Crippen LogP contribution in [0, 0.1) is 40.4 Å². The third-order valence-electron chi connectivity index (χ3n) is 8.94. The van der Waals surface area contributed by atoms with E-state index in [0.717, 1.165) is 29.6 Å². The van der Waals surface area contributed by atoms with E-state index in [1.807, 2.05) is 0 Å².